The first-order chi connectivity index (χ1) is 11.0. The minimum atomic E-state index is -0.660. The average molecular weight is 317 g/mol. The predicted molar refractivity (Wildman–Crippen MR) is 81.8 cm³/mol. The van der Waals surface area contributed by atoms with E-state index in [1.807, 2.05) is 0 Å². The second-order valence-corrected chi connectivity index (χ2v) is 5.04. The molecule has 1 aromatic carbocycles. The molecule has 118 valence electrons. The SMILES string of the molecule is Cc1cc(Nc2nc3c(F)cccn3c(=O)c2CO)ccc1F. The number of fused-ring (bicyclic) bond motifs is 1. The summed E-state index contributed by atoms with van der Waals surface area (Å²) in [5, 5.41) is 12.3. The average Bonchev–Trinajstić information content (AvgIpc) is 2.52. The summed E-state index contributed by atoms with van der Waals surface area (Å²) in [5.41, 5.74) is 0.153. The van der Waals surface area contributed by atoms with Crippen molar-refractivity contribution in [2.24, 2.45) is 0 Å². The van der Waals surface area contributed by atoms with Gasteiger partial charge in [-0.15, -0.1) is 0 Å². The smallest absolute Gasteiger partial charge is 0.265 e. The van der Waals surface area contributed by atoms with E-state index in [4.69, 9.17) is 0 Å². The summed E-state index contributed by atoms with van der Waals surface area (Å²) in [6, 6.07) is 6.83. The van der Waals surface area contributed by atoms with Crippen LogP contribution < -0.4 is 10.9 Å². The Morgan fingerprint density at radius 3 is 2.74 bits per heavy atom. The van der Waals surface area contributed by atoms with Gasteiger partial charge in [-0.1, -0.05) is 0 Å². The number of benzene rings is 1. The van der Waals surface area contributed by atoms with Gasteiger partial charge >= 0.3 is 0 Å². The van der Waals surface area contributed by atoms with E-state index in [1.54, 1.807) is 6.92 Å². The Morgan fingerprint density at radius 1 is 1.26 bits per heavy atom. The lowest BCUT2D eigenvalue weighted by Crippen LogP contribution is -2.22. The van der Waals surface area contributed by atoms with Gasteiger partial charge in [0.25, 0.3) is 5.56 Å². The highest BCUT2D eigenvalue weighted by Crippen LogP contribution is 2.20. The largest absolute Gasteiger partial charge is 0.391 e. The van der Waals surface area contributed by atoms with E-state index < -0.39 is 18.0 Å². The number of pyridine rings is 1. The Kier molecular flexibility index (Phi) is 3.79. The number of hydrogen-bond donors (Lipinski definition) is 2. The number of aliphatic hydroxyl groups excluding tert-OH is 1. The van der Waals surface area contributed by atoms with E-state index in [0.717, 1.165) is 4.40 Å². The number of aliphatic hydroxyl groups is 1. The fourth-order valence-electron chi connectivity index (χ4n) is 2.27. The number of halogens is 2. The number of hydrogen-bond acceptors (Lipinski definition) is 4. The van der Waals surface area contributed by atoms with Crippen LogP contribution in [-0.2, 0) is 6.61 Å². The Morgan fingerprint density at radius 2 is 2.04 bits per heavy atom. The summed E-state index contributed by atoms with van der Waals surface area (Å²) in [6.45, 7) is 1.03. The summed E-state index contributed by atoms with van der Waals surface area (Å²) >= 11 is 0. The van der Waals surface area contributed by atoms with E-state index >= 15 is 0 Å². The molecule has 0 saturated carbocycles. The van der Waals surface area contributed by atoms with Crippen molar-refractivity contribution in [1.29, 1.82) is 0 Å². The van der Waals surface area contributed by atoms with Gasteiger partial charge in [-0.3, -0.25) is 9.20 Å². The summed E-state index contributed by atoms with van der Waals surface area (Å²) < 4.78 is 28.2. The van der Waals surface area contributed by atoms with Crippen LogP contribution in [0.4, 0.5) is 20.3 Å². The summed E-state index contributed by atoms with van der Waals surface area (Å²) in [4.78, 5) is 16.4. The summed E-state index contributed by atoms with van der Waals surface area (Å²) in [5.74, 6) is -0.989. The molecule has 0 saturated heterocycles. The van der Waals surface area contributed by atoms with Gasteiger partial charge < -0.3 is 10.4 Å². The van der Waals surface area contributed by atoms with Gasteiger partial charge in [0, 0.05) is 11.9 Å². The van der Waals surface area contributed by atoms with E-state index in [-0.39, 0.29) is 22.8 Å². The van der Waals surface area contributed by atoms with Crippen LogP contribution in [0.1, 0.15) is 11.1 Å². The van der Waals surface area contributed by atoms with Crippen molar-refractivity contribution in [3.63, 3.8) is 0 Å². The van der Waals surface area contributed by atoms with Gasteiger partial charge in [-0.2, -0.15) is 0 Å². The number of aryl methyl sites for hydroxylation is 1. The maximum Gasteiger partial charge on any atom is 0.265 e. The molecule has 0 radical (unpaired) electrons. The Hall–Kier alpha value is -2.80. The molecule has 2 heterocycles. The zero-order valence-corrected chi connectivity index (χ0v) is 12.2. The molecule has 0 spiro atoms. The van der Waals surface area contributed by atoms with Crippen LogP contribution in [0.3, 0.4) is 0 Å². The third kappa shape index (κ3) is 2.66. The highest BCUT2D eigenvalue weighted by atomic mass is 19.1. The van der Waals surface area contributed by atoms with Gasteiger partial charge in [-0.05, 0) is 42.8 Å². The molecule has 0 amide bonds. The normalized spacial score (nSPS) is 11.0. The number of nitrogens with zero attached hydrogens (tertiary/aromatic N) is 2. The summed E-state index contributed by atoms with van der Waals surface area (Å²) in [6.07, 6.45) is 1.37. The van der Waals surface area contributed by atoms with Crippen molar-refractivity contribution in [3.05, 3.63) is 69.6 Å². The first kappa shape index (κ1) is 15.1. The molecule has 0 fully saturated rings. The van der Waals surface area contributed by atoms with E-state index in [1.165, 1.54) is 36.5 Å². The third-order valence-corrected chi connectivity index (χ3v) is 3.48. The van der Waals surface area contributed by atoms with Gasteiger partial charge in [-0.25, -0.2) is 13.8 Å². The first-order valence-electron chi connectivity index (χ1n) is 6.85. The quantitative estimate of drug-likeness (QED) is 0.779. The molecular formula is C16H13F2N3O2. The van der Waals surface area contributed by atoms with Crippen molar-refractivity contribution in [2.45, 2.75) is 13.5 Å². The van der Waals surface area contributed by atoms with Crippen molar-refractivity contribution in [1.82, 2.24) is 9.38 Å². The molecule has 2 aromatic heterocycles. The lowest BCUT2D eigenvalue weighted by atomic mass is 10.2. The van der Waals surface area contributed by atoms with Crippen molar-refractivity contribution < 1.29 is 13.9 Å². The van der Waals surface area contributed by atoms with E-state index in [2.05, 4.69) is 10.3 Å². The fourth-order valence-corrected chi connectivity index (χ4v) is 2.27. The topological polar surface area (TPSA) is 66.6 Å². The Labute approximate surface area is 129 Å². The molecule has 0 atom stereocenters. The highest BCUT2D eigenvalue weighted by Gasteiger charge is 2.14. The molecule has 23 heavy (non-hydrogen) atoms. The Bertz CT molecular complexity index is 954. The van der Waals surface area contributed by atoms with E-state index in [9.17, 15) is 18.7 Å². The van der Waals surface area contributed by atoms with Crippen molar-refractivity contribution in [3.8, 4) is 0 Å². The molecule has 2 N–H and O–H groups in total. The number of rotatable bonds is 3. The lowest BCUT2D eigenvalue weighted by Gasteiger charge is -2.12. The number of anilines is 2. The fraction of sp³-hybridized carbons (Fsp3) is 0.125. The standard InChI is InChI=1S/C16H13F2N3O2/c1-9-7-10(4-5-12(9)17)19-14-11(8-22)16(23)21-6-2-3-13(18)15(21)20-14/h2-7,19,22H,8H2,1H3. The molecular weight excluding hydrogens is 304 g/mol. The van der Waals surface area contributed by atoms with Crippen LogP contribution in [0, 0.1) is 18.6 Å². The monoisotopic (exact) mass is 317 g/mol. The van der Waals surface area contributed by atoms with Crippen molar-refractivity contribution >= 4 is 17.2 Å². The maximum absolute atomic E-state index is 13.9. The molecule has 0 unspecified atom stereocenters. The molecule has 0 aliphatic carbocycles. The summed E-state index contributed by atoms with van der Waals surface area (Å²) in [7, 11) is 0. The zero-order chi connectivity index (χ0) is 16.6. The molecule has 0 aliphatic heterocycles. The second kappa shape index (κ2) is 5.77. The Balaban J connectivity index is 2.18. The molecule has 0 bridgehead atoms. The van der Waals surface area contributed by atoms with Crippen LogP contribution in [0.5, 0.6) is 0 Å². The first-order valence-corrected chi connectivity index (χ1v) is 6.85. The minimum Gasteiger partial charge on any atom is -0.391 e. The molecule has 7 heteroatoms. The van der Waals surface area contributed by atoms with E-state index in [0.29, 0.717) is 11.3 Å². The lowest BCUT2D eigenvalue weighted by molar-refractivity contribution is 0.280. The van der Waals surface area contributed by atoms with Crippen LogP contribution in [0.25, 0.3) is 5.65 Å². The molecule has 3 aromatic rings. The van der Waals surface area contributed by atoms with Gasteiger partial charge in [0.2, 0.25) is 0 Å². The number of nitrogens with one attached hydrogen (secondary N) is 1. The zero-order valence-electron chi connectivity index (χ0n) is 12.2. The van der Waals surface area contributed by atoms with Gasteiger partial charge in [0.15, 0.2) is 11.5 Å². The van der Waals surface area contributed by atoms with Crippen LogP contribution in [0.2, 0.25) is 0 Å². The molecule has 0 aliphatic rings. The van der Waals surface area contributed by atoms with Crippen molar-refractivity contribution in [2.75, 3.05) is 5.32 Å². The third-order valence-electron chi connectivity index (χ3n) is 3.48. The van der Waals surface area contributed by atoms with Crippen LogP contribution >= 0.6 is 0 Å². The van der Waals surface area contributed by atoms with Crippen LogP contribution in [-0.4, -0.2) is 14.5 Å². The van der Waals surface area contributed by atoms with Gasteiger partial charge in [0.1, 0.15) is 11.6 Å². The molecule has 5 nitrogen and oxygen atoms in total. The maximum atomic E-state index is 13.9. The highest BCUT2D eigenvalue weighted by molar-refractivity contribution is 5.62. The van der Waals surface area contributed by atoms with Crippen LogP contribution in [0.15, 0.2) is 41.3 Å². The minimum absolute atomic E-state index is 0.00456. The predicted octanol–water partition coefficient (Wildman–Crippen LogP) is 2.52. The molecule has 3 rings (SSSR count). The van der Waals surface area contributed by atoms with Gasteiger partial charge in [0.05, 0.1) is 12.2 Å². The number of aromatic nitrogens is 2. The second-order valence-electron chi connectivity index (χ2n) is 5.04.